The molecule has 0 rings (SSSR count). The van der Waals surface area contributed by atoms with Crippen LogP contribution in [0.25, 0.3) is 0 Å². The molecular weight excluding hydrogens is 188 g/mol. The molecule has 0 radical (unpaired) electrons. The van der Waals surface area contributed by atoms with E-state index in [0.717, 1.165) is 3.97 Å². The molecule has 1 unspecified atom stereocenters. The van der Waals surface area contributed by atoms with Crippen molar-refractivity contribution < 1.29 is 0 Å². The Hall–Kier alpha value is 0.790. The summed E-state index contributed by atoms with van der Waals surface area (Å²) in [6, 6.07) is 0. The van der Waals surface area contributed by atoms with Crippen LogP contribution >= 0.6 is 0 Å². The Morgan fingerprint density at radius 1 is 1.67 bits per heavy atom. The molecule has 0 aromatic rings. The first kappa shape index (κ1) is 6.79. The van der Waals surface area contributed by atoms with Gasteiger partial charge in [-0.15, -0.1) is 0 Å². The second-order valence-corrected chi connectivity index (χ2v) is 5.10. The van der Waals surface area contributed by atoms with Crippen molar-refractivity contribution in [1.29, 1.82) is 0 Å². The zero-order chi connectivity index (χ0) is 4.99. The van der Waals surface area contributed by atoms with Gasteiger partial charge in [-0.05, 0) is 0 Å². The number of hydrogen-bond acceptors (Lipinski definition) is 0. The van der Waals surface area contributed by atoms with Crippen molar-refractivity contribution in [3.8, 4) is 0 Å². The first-order valence-electron chi connectivity index (χ1n) is 2.34. The quantitative estimate of drug-likeness (QED) is 0.597. The third kappa shape index (κ3) is 3.00. The van der Waals surface area contributed by atoms with E-state index in [2.05, 4.69) is 18.8 Å². The molecule has 0 saturated heterocycles. The fourth-order valence-electron chi connectivity index (χ4n) is 0.167. The monoisotopic (exact) mass is 202 g/mol. The van der Waals surface area contributed by atoms with Gasteiger partial charge < -0.3 is 0 Å². The van der Waals surface area contributed by atoms with Crippen LogP contribution in [0.4, 0.5) is 0 Å². The summed E-state index contributed by atoms with van der Waals surface area (Å²) in [5.41, 5.74) is 0. The topological polar surface area (TPSA) is 0 Å². The van der Waals surface area contributed by atoms with Crippen LogP contribution < -0.4 is 0 Å². The van der Waals surface area contributed by atoms with Crippen LogP contribution in [0.3, 0.4) is 0 Å². The van der Waals surface area contributed by atoms with Crippen LogP contribution in [0.2, 0.25) is 8.94 Å². The molecule has 0 aliphatic rings. The van der Waals surface area contributed by atoms with Crippen molar-refractivity contribution in [2.24, 2.45) is 0 Å². The van der Waals surface area contributed by atoms with E-state index in [9.17, 15) is 0 Å². The molecule has 0 aromatic carbocycles. The summed E-state index contributed by atoms with van der Waals surface area (Å²) < 4.78 is 1.07. The van der Waals surface area contributed by atoms with Crippen molar-refractivity contribution >= 4 is 20.9 Å². The molecule has 1 heteroatoms. The molecule has 0 fully saturated rings. The fourth-order valence-corrected chi connectivity index (χ4v) is 1.12. The van der Waals surface area contributed by atoms with Crippen molar-refractivity contribution in [3.05, 3.63) is 0 Å². The molecule has 0 aliphatic heterocycles. The third-order valence-corrected chi connectivity index (χ3v) is 4.23. The average molecular weight is 200 g/mol. The summed E-state index contributed by atoms with van der Waals surface area (Å²) in [5.74, 6) is 0. The Balaban J connectivity index is 2.75. The van der Waals surface area contributed by atoms with E-state index < -0.39 is 0 Å². The third-order valence-electron chi connectivity index (χ3n) is 0.977. The first-order valence-corrected chi connectivity index (χ1v) is 6.01. The molecule has 1 atom stereocenters. The molecule has 0 aliphatic carbocycles. The van der Waals surface area contributed by atoms with E-state index in [1.807, 2.05) is 0 Å². The molecule has 0 heterocycles. The predicted octanol–water partition coefficient (Wildman–Crippen LogP) is 1.96. The summed E-state index contributed by atoms with van der Waals surface area (Å²) in [4.78, 5) is 2.36. The van der Waals surface area contributed by atoms with Crippen molar-refractivity contribution in [3.63, 3.8) is 0 Å². The van der Waals surface area contributed by atoms with Gasteiger partial charge in [0.2, 0.25) is 0 Å². The van der Waals surface area contributed by atoms with Crippen molar-refractivity contribution in [1.82, 2.24) is 0 Å². The van der Waals surface area contributed by atoms with Crippen LogP contribution in [0, 0.1) is 0 Å². The molecule has 0 amide bonds. The van der Waals surface area contributed by atoms with E-state index >= 15 is 0 Å². The van der Waals surface area contributed by atoms with Crippen LogP contribution in [0.1, 0.15) is 20.3 Å². The molecule has 0 bridgehead atoms. The Bertz CT molecular complexity index is 23.1. The van der Waals surface area contributed by atoms with Crippen LogP contribution in [-0.4, -0.2) is 20.9 Å². The number of hydrogen-bond donors (Lipinski definition) is 0. The van der Waals surface area contributed by atoms with Crippen molar-refractivity contribution in [2.75, 3.05) is 0 Å². The Labute approximate surface area is 50.4 Å². The molecule has 6 heavy (non-hydrogen) atoms. The standard InChI is InChI=1S/C5H12Te/c1-4-5(2)6-3/h5H,4H2,1-3H3. The molecule has 0 nitrogen and oxygen atoms in total. The van der Waals surface area contributed by atoms with Gasteiger partial charge in [-0.1, -0.05) is 0 Å². The van der Waals surface area contributed by atoms with Gasteiger partial charge in [0.05, 0.1) is 0 Å². The molecule has 0 aromatic heterocycles. The van der Waals surface area contributed by atoms with Crippen LogP contribution in [0.5, 0.6) is 0 Å². The van der Waals surface area contributed by atoms with Gasteiger partial charge in [-0.2, -0.15) is 0 Å². The van der Waals surface area contributed by atoms with E-state index in [1.165, 1.54) is 6.42 Å². The summed E-state index contributed by atoms with van der Waals surface area (Å²) in [7, 11) is 0. The Kier molecular flexibility index (Phi) is 4.48. The van der Waals surface area contributed by atoms with Gasteiger partial charge in [-0.25, -0.2) is 0 Å². The minimum atomic E-state index is 0.402. The Morgan fingerprint density at radius 2 is 2.17 bits per heavy atom. The van der Waals surface area contributed by atoms with Gasteiger partial charge in [0.15, 0.2) is 0 Å². The van der Waals surface area contributed by atoms with Gasteiger partial charge in [-0.3, -0.25) is 0 Å². The molecule has 0 spiro atoms. The SMILES string of the molecule is CCC(C)[Te]C. The second kappa shape index (κ2) is 3.96. The fraction of sp³-hybridized carbons (Fsp3) is 1.00. The van der Waals surface area contributed by atoms with Crippen LogP contribution in [0.15, 0.2) is 0 Å². The Morgan fingerprint density at radius 3 is 2.17 bits per heavy atom. The average Bonchev–Trinajstić information content (AvgIpc) is 1.65. The molecular formula is C5H12Te. The second-order valence-electron chi connectivity index (χ2n) is 1.45. The minimum absolute atomic E-state index is 0.402. The summed E-state index contributed by atoms with van der Waals surface area (Å²) in [5, 5.41) is 0. The predicted molar refractivity (Wildman–Crippen MR) is 31.3 cm³/mol. The maximum absolute atomic E-state index is 2.36. The zero-order valence-electron chi connectivity index (χ0n) is 4.69. The van der Waals surface area contributed by atoms with Gasteiger partial charge >= 0.3 is 50.1 Å². The van der Waals surface area contributed by atoms with Crippen molar-refractivity contribution in [2.45, 2.75) is 29.2 Å². The van der Waals surface area contributed by atoms with Gasteiger partial charge in [0, 0.05) is 0 Å². The van der Waals surface area contributed by atoms with E-state index in [-0.39, 0.29) is 0 Å². The van der Waals surface area contributed by atoms with Crippen LogP contribution in [-0.2, 0) is 0 Å². The summed E-state index contributed by atoms with van der Waals surface area (Å²) in [6.45, 7) is 4.60. The summed E-state index contributed by atoms with van der Waals surface area (Å²) >= 11 is 0.402. The van der Waals surface area contributed by atoms with E-state index in [4.69, 9.17) is 0 Å². The normalized spacial score (nSPS) is 14.5. The van der Waals surface area contributed by atoms with Gasteiger partial charge in [0.25, 0.3) is 0 Å². The van der Waals surface area contributed by atoms with Gasteiger partial charge in [0.1, 0.15) is 0 Å². The maximum atomic E-state index is 2.36. The first-order chi connectivity index (χ1) is 2.81. The number of rotatable bonds is 2. The van der Waals surface area contributed by atoms with E-state index in [1.54, 1.807) is 0 Å². The summed E-state index contributed by atoms with van der Waals surface area (Å²) in [6.07, 6.45) is 1.39. The zero-order valence-corrected chi connectivity index (χ0v) is 7.02. The molecule has 38 valence electrons. The molecule has 0 N–H and O–H groups in total. The van der Waals surface area contributed by atoms with E-state index in [0.29, 0.717) is 20.9 Å². The molecule has 0 saturated carbocycles.